The molecule has 0 bridgehead atoms. The summed E-state index contributed by atoms with van der Waals surface area (Å²) in [5, 5.41) is 6.98. The number of anilines is 1. The average Bonchev–Trinajstić information content (AvgIpc) is 2.32. The number of piperidine rings is 1. The van der Waals surface area contributed by atoms with Gasteiger partial charge in [-0.05, 0) is 66.3 Å². The minimum absolute atomic E-state index is 0.765. The van der Waals surface area contributed by atoms with Crippen LogP contribution in [0.5, 0.6) is 0 Å². The van der Waals surface area contributed by atoms with Gasteiger partial charge in [-0.25, -0.2) is 0 Å². The van der Waals surface area contributed by atoms with Gasteiger partial charge in [0, 0.05) is 16.7 Å². The molecule has 0 saturated carbocycles. The van der Waals surface area contributed by atoms with Crippen LogP contribution in [-0.2, 0) is 0 Å². The van der Waals surface area contributed by atoms with Crippen LogP contribution in [0.3, 0.4) is 0 Å². The fourth-order valence-corrected chi connectivity index (χ4v) is 2.54. The number of benzene rings is 1. The first kappa shape index (κ1) is 11.9. The van der Waals surface area contributed by atoms with E-state index in [0.29, 0.717) is 0 Å². The minimum Gasteiger partial charge on any atom is -0.384 e. The van der Waals surface area contributed by atoms with Crippen molar-refractivity contribution < 1.29 is 0 Å². The number of rotatable bonds is 3. The molecule has 0 aromatic heterocycles. The Morgan fingerprint density at radius 3 is 3.12 bits per heavy atom. The Hall–Kier alpha value is -0.540. The SMILES string of the molecule is Cc1cccc(NCC2CCCNC2)c1Br. The highest BCUT2D eigenvalue weighted by Gasteiger charge is 2.12. The summed E-state index contributed by atoms with van der Waals surface area (Å²) in [5.41, 5.74) is 2.50. The molecular weight excluding hydrogens is 264 g/mol. The molecule has 88 valence electrons. The number of hydrogen-bond acceptors (Lipinski definition) is 2. The summed E-state index contributed by atoms with van der Waals surface area (Å²) < 4.78 is 1.19. The van der Waals surface area contributed by atoms with E-state index in [9.17, 15) is 0 Å². The van der Waals surface area contributed by atoms with Gasteiger partial charge in [-0.2, -0.15) is 0 Å². The molecule has 0 aliphatic carbocycles. The third-order valence-corrected chi connectivity index (χ3v) is 4.22. The second-order valence-electron chi connectivity index (χ2n) is 4.53. The molecule has 1 unspecified atom stereocenters. The molecule has 2 rings (SSSR count). The lowest BCUT2D eigenvalue weighted by molar-refractivity contribution is 0.393. The Kier molecular flexibility index (Phi) is 4.24. The standard InChI is InChI=1S/C13H19BrN2/c1-10-4-2-6-12(13(10)14)16-9-11-5-3-7-15-8-11/h2,4,6,11,15-16H,3,5,7-9H2,1H3. The Bertz CT molecular complexity index is 346. The Balaban J connectivity index is 1.91. The summed E-state index contributed by atoms with van der Waals surface area (Å²) in [6.07, 6.45) is 2.64. The zero-order valence-corrected chi connectivity index (χ0v) is 11.3. The van der Waals surface area contributed by atoms with E-state index in [-0.39, 0.29) is 0 Å². The second-order valence-corrected chi connectivity index (χ2v) is 5.32. The van der Waals surface area contributed by atoms with Gasteiger partial charge in [0.25, 0.3) is 0 Å². The van der Waals surface area contributed by atoms with E-state index in [1.807, 2.05) is 0 Å². The summed E-state index contributed by atoms with van der Waals surface area (Å²) in [6.45, 7) is 5.52. The van der Waals surface area contributed by atoms with E-state index in [1.165, 1.54) is 35.1 Å². The molecule has 3 heteroatoms. The van der Waals surface area contributed by atoms with E-state index in [0.717, 1.165) is 19.0 Å². The molecule has 1 fully saturated rings. The minimum atomic E-state index is 0.765. The molecule has 16 heavy (non-hydrogen) atoms. The fourth-order valence-electron chi connectivity index (χ4n) is 2.14. The van der Waals surface area contributed by atoms with Gasteiger partial charge in [0.05, 0.1) is 0 Å². The number of aryl methyl sites for hydroxylation is 1. The molecule has 0 amide bonds. The van der Waals surface area contributed by atoms with Crippen molar-refractivity contribution >= 4 is 21.6 Å². The molecule has 2 N–H and O–H groups in total. The smallest absolute Gasteiger partial charge is 0.0487 e. The highest BCUT2D eigenvalue weighted by Crippen LogP contribution is 2.26. The van der Waals surface area contributed by atoms with Crippen LogP contribution in [0.4, 0.5) is 5.69 Å². The molecule has 0 spiro atoms. The van der Waals surface area contributed by atoms with Gasteiger partial charge in [-0.15, -0.1) is 0 Å². The van der Waals surface area contributed by atoms with E-state index >= 15 is 0 Å². The summed E-state index contributed by atoms with van der Waals surface area (Å²) in [6, 6.07) is 6.35. The molecule has 1 heterocycles. The van der Waals surface area contributed by atoms with Gasteiger partial charge in [0.2, 0.25) is 0 Å². The average molecular weight is 283 g/mol. The van der Waals surface area contributed by atoms with Crippen LogP contribution in [0.15, 0.2) is 22.7 Å². The predicted octanol–water partition coefficient (Wildman–Crippen LogP) is 3.17. The summed E-state index contributed by atoms with van der Waals surface area (Å²) >= 11 is 3.63. The third kappa shape index (κ3) is 2.98. The van der Waals surface area contributed by atoms with E-state index in [4.69, 9.17) is 0 Å². The molecule has 2 nitrogen and oxygen atoms in total. The van der Waals surface area contributed by atoms with Crippen LogP contribution in [0.1, 0.15) is 18.4 Å². The largest absolute Gasteiger partial charge is 0.384 e. The second kappa shape index (κ2) is 5.69. The summed E-state index contributed by atoms with van der Waals surface area (Å²) in [7, 11) is 0. The van der Waals surface area contributed by atoms with Crippen LogP contribution in [-0.4, -0.2) is 19.6 Å². The van der Waals surface area contributed by atoms with Crippen molar-refractivity contribution in [2.45, 2.75) is 19.8 Å². The van der Waals surface area contributed by atoms with Crippen LogP contribution in [0.25, 0.3) is 0 Å². The first-order valence-corrected chi connectivity index (χ1v) is 6.76. The summed E-state index contributed by atoms with van der Waals surface area (Å²) in [5.74, 6) is 0.765. The van der Waals surface area contributed by atoms with Crippen LogP contribution >= 0.6 is 15.9 Å². The normalized spacial score (nSPS) is 20.8. The van der Waals surface area contributed by atoms with E-state index in [1.54, 1.807) is 0 Å². The lowest BCUT2D eigenvalue weighted by Crippen LogP contribution is -2.33. The quantitative estimate of drug-likeness (QED) is 0.890. The van der Waals surface area contributed by atoms with Crippen LogP contribution in [0, 0.1) is 12.8 Å². The molecular formula is C13H19BrN2. The fraction of sp³-hybridized carbons (Fsp3) is 0.538. The Labute approximate surface area is 106 Å². The molecule has 0 radical (unpaired) electrons. The maximum absolute atomic E-state index is 3.63. The van der Waals surface area contributed by atoms with Crippen molar-refractivity contribution in [1.82, 2.24) is 5.32 Å². The van der Waals surface area contributed by atoms with Crippen molar-refractivity contribution in [1.29, 1.82) is 0 Å². The zero-order chi connectivity index (χ0) is 11.4. The topological polar surface area (TPSA) is 24.1 Å². The van der Waals surface area contributed by atoms with Crippen LogP contribution in [0.2, 0.25) is 0 Å². The first-order valence-electron chi connectivity index (χ1n) is 5.97. The molecule has 1 aliphatic rings. The molecule has 1 saturated heterocycles. The zero-order valence-electron chi connectivity index (χ0n) is 9.72. The van der Waals surface area contributed by atoms with Gasteiger partial charge < -0.3 is 10.6 Å². The first-order chi connectivity index (χ1) is 7.77. The lowest BCUT2D eigenvalue weighted by atomic mass is 10.00. The Morgan fingerprint density at radius 1 is 1.50 bits per heavy atom. The van der Waals surface area contributed by atoms with Crippen molar-refractivity contribution in [3.05, 3.63) is 28.2 Å². The van der Waals surface area contributed by atoms with Gasteiger partial charge in [-0.1, -0.05) is 12.1 Å². The predicted molar refractivity (Wildman–Crippen MR) is 73.0 cm³/mol. The molecule has 1 atom stereocenters. The van der Waals surface area contributed by atoms with Gasteiger partial charge in [0.1, 0.15) is 0 Å². The van der Waals surface area contributed by atoms with Crippen LogP contribution < -0.4 is 10.6 Å². The van der Waals surface area contributed by atoms with Crippen molar-refractivity contribution in [3.8, 4) is 0 Å². The number of halogens is 1. The van der Waals surface area contributed by atoms with Crippen molar-refractivity contribution in [3.63, 3.8) is 0 Å². The third-order valence-electron chi connectivity index (χ3n) is 3.17. The maximum atomic E-state index is 3.63. The van der Waals surface area contributed by atoms with E-state index in [2.05, 4.69) is 51.7 Å². The number of nitrogens with one attached hydrogen (secondary N) is 2. The highest BCUT2D eigenvalue weighted by atomic mass is 79.9. The summed E-state index contributed by atoms with van der Waals surface area (Å²) in [4.78, 5) is 0. The van der Waals surface area contributed by atoms with Crippen molar-refractivity contribution in [2.24, 2.45) is 5.92 Å². The van der Waals surface area contributed by atoms with Crippen molar-refractivity contribution in [2.75, 3.05) is 25.0 Å². The maximum Gasteiger partial charge on any atom is 0.0487 e. The van der Waals surface area contributed by atoms with E-state index < -0.39 is 0 Å². The molecule has 1 aromatic rings. The molecule has 1 aromatic carbocycles. The van der Waals surface area contributed by atoms with Gasteiger partial charge >= 0.3 is 0 Å². The van der Waals surface area contributed by atoms with Gasteiger partial charge in [-0.3, -0.25) is 0 Å². The highest BCUT2D eigenvalue weighted by molar-refractivity contribution is 9.10. The number of hydrogen-bond donors (Lipinski definition) is 2. The van der Waals surface area contributed by atoms with Gasteiger partial charge in [0.15, 0.2) is 0 Å². The lowest BCUT2D eigenvalue weighted by Gasteiger charge is -2.23. The Morgan fingerprint density at radius 2 is 2.38 bits per heavy atom. The molecule has 1 aliphatic heterocycles. The monoisotopic (exact) mass is 282 g/mol.